The van der Waals surface area contributed by atoms with E-state index in [9.17, 15) is 0 Å². The Morgan fingerprint density at radius 1 is 1.38 bits per heavy atom. The molecule has 5 nitrogen and oxygen atoms in total. The molecule has 5 heteroatoms. The molecule has 0 unspecified atom stereocenters. The molecular formula is C16H28N4O. The van der Waals surface area contributed by atoms with E-state index in [2.05, 4.69) is 47.4 Å². The van der Waals surface area contributed by atoms with Gasteiger partial charge in [-0.2, -0.15) is 0 Å². The van der Waals surface area contributed by atoms with E-state index >= 15 is 0 Å². The van der Waals surface area contributed by atoms with E-state index in [1.165, 1.54) is 5.56 Å². The number of nitrogens with zero attached hydrogens (tertiary/aromatic N) is 2. The molecule has 0 fully saturated rings. The maximum absolute atomic E-state index is 5.55. The van der Waals surface area contributed by atoms with E-state index < -0.39 is 0 Å². The summed E-state index contributed by atoms with van der Waals surface area (Å²) in [4.78, 5) is 8.56. The van der Waals surface area contributed by atoms with Crippen molar-refractivity contribution in [3.8, 4) is 0 Å². The first-order chi connectivity index (χ1) is 10.1. The lowest BCUT2D eigenvalue weighted by Crippen LogP contribution is -2.37. The third-order valence-corrected chi connectivity index (χ3v) is 2.97. The maximum Gasteiger partial charge on any atom is 0.191 e. The van der Waals surface area contributed by atoms with Crippen molar-refractivity contribution in [1.82, 2.24) is 15.6 Å². The number of aromatic nitrogens is 1. The van der Waals surface area contributed by atoms with Crippen LogP contribution in [-0.2, 0) is 11.3 Å². The second-order valence-electron chi connectivity index (χ2n) is 5.44. The molecule has 0 aliphatic carbocycles. The first kappa shape index (κ1) is 17.4. The number of rotatable bonds is 8. The minimum atomic E-state index is 0.592. The van der Waals surface area contributed by atoms with Crippen LogP contribution in [0.4, 0.5) is 0 Å². The van der Waals surface area contributed by atoms with Gasteiger partial charge in [0.2, 0.25) is 0 Å². The zero-order chi connectivity index (χ0) is 15.5. The zero-order valence-corrected chi connectivity index (χ0v) is 13.6. The van der Waals surface area contributed by atoms with E-state index in [0.29, 0.717) is 12.5 Å². The Balaban J connectivity index is 2.19. The summed E-state index contributed by atoms with van der Waals surface area (Å²) in [7, 11) is 1.77. The van der Waals surface area contributed by atoms with Crippen LogP contribution < -0.4 is 10.6 Å². The number of ether oxygens (including phenoxy) is 1. The average Bonchev–Trinajstić information content (AvgIpc) is 2.47. The molecule has 0 saturated carbocycles. The summed E-state index contributed by atoms with van der Waals surface area (Å²) >= 11 is 0. The van der Waals surface area contributed by atoms with Crippen molar-refractivity contribution in [3.05, 3.63) is 29.6 Å². The molecule has 0 spiro atoms. The first-order valence-electron chi connectivity index (χ1n) is 7.56. The fraction of sp³-hybridized carbons (Fsp3) is 0.625. The Labute approximate surface area is 128 Å². The van der Waals surface area contributed by atoms with Gasteiger partial charge in [-0.3, -0.25) is 9.98 Å². The highest BCUT2D eigenvalue weighted by atomic mass is 16.5. The summed E-state index contributed by atoms with van der Waals surface area (Å²) in [5, 5.41) is 6.55. The summed E-state index contributed by atoms with van der Waals surface area (Å²) in [5.41, 5.74) is 2.23. The van der Waals surface area contributed by atoms with Gasteiger partial charge in [0.1, 0.15) is 0 Å². The fourth-order valence-electron chi connectivity index (χ4n) is 1.79. The third kappa shape index (κ3) is 7.66. The van der Waals surface area contributed by atoms with Crippen LogP contribution in [0.5, 0.6) is 0 Å². The molecule has 0 bridgehead atoms. The van der Waals surface area contributed by atoms with Crippen molar-refractivity contribution in [2.75, 3.05) is 26.8 Å². The molecule has 0 amide bonds. The molecule has 0 aromatic carbocycles. The predicted octanol–water partition coefficient (Wildman–Crippen LogP) is 2.12. The second-order valence-corrected chi connectivity index (χ2v) is 5.44. The monoisotopic (exact) mass is 292 g/mol. The number of hydrogen-bond donors (Lipinski definition) is 2. The van der Waals surface area contributed by atoms with Crippen LogP contribution in [0, 0.1) is 12.8 Å². The Hall–Kier alpha value is -1.62. The minimum Gasteiger partial charge on any atom is -0.381 e. The van der Waals surface area contributed by atoms with Crippen molar-refractivity contribution in [2.45, 2.75) is 33.7 Å². The van der Waals surface area contributed by atoms with Crippen LogP contribution in [0.1, 0.15) is 31.5 Å². The topological polar surface area (TPSA) is 58.5 Å². The Kier molecular flexibility index (Phi) is 8.43. The van der Waals surface area contributed by atoms with Gasteiger partial charge in [0.15, 0.2) is 5.96 Å². The molecule has 0 atom stereocenters. The summed E-state index contributed by atoms with van der Waals surface area (Å²) in [5.74, 6) is 1.39. The molecule has 1 heterocycles. The summed E-state index contributed by atoms with van der Waals surface area (Å²) < 4.78 is 5.55. The molecule has 21 heavy (non-hydrogen) atoms. The Bertz CT molecular complexity index is 432. The largest absolute Gasteiger partial charge is 0.381 e. The van der Waals surface area contributed by atoms with Crippen LogP contribution in [-0.4, -0.2) is 37.7 Å². The minimum absolute atomic E-state index is 0.592. The Morgan fingerprint density at radius 3 is 2.86 bits per heavy atom. The lowest BCUT2D eigenvalue weighted by Gasteiger charge is -2.13. The molecule has 2 N–H and O–H groups in total. The van der Waals surface area contributed by atoms with Gasteiger partial charge in [-0.1, -0.05) is 19.9 Å². The quantitative estimate of drug-likeness (QED) is 0.438. The number of aryl methyl sites for hydroxylation is 1. The van der Waals surface area contributed by atoms with Gasteiger partial charge in [-0.15, -0.1) is 0 Å². The summed E-state index contributed by atoms with van der Waals surface area (Å²) in [6.07, 6.45) is 2.78. The summed E-state index contributed by atoms with van der Waals surface area (Å²) in [6, 6.07) is 4.01. The number of guanidine groups is 1. The normalized spacial score (nSPS) is 11.8. The highest BCUT2D eigenvalue weighted by Crippen LogP contribution is 2.01. The number of pyridine rings is 1. The standard InChI is InChI=1S/C16H28N4O/c1-13(2)12-21-10-6-9-19-16(17-4)20-11-15-14(3)7-5-8-18-15/h5,7-8,13H,6,9-12H2,1-4H3,(H2,17,19,20). The van der Waals surface area contributed by atoms with Crippen LogP contribution in [0.2, 0.25) is 0 Å². The van der Waals surface area contributed by atoms with E-state index in [1.807, 2.05) is 12.3 Å². The lowest BCUT2D eigenvalue weighted by molar-refractivity contribution is 0.108. The fourth-order valence-corrected chi connectivity index (χ4v) is 1.79. The second kappa shape index (κ2) is 10.2. The van der Waals surface area contributed by atoms with Gasteiger partial charge in [0, 0.05) is 33.0 Å². The molecular weight excluding hydrogens is 264 g/mol. The van der Waals surface area contributed by atoms with Crippen molar-refractivity contribution >= 4 is 5.96 Å². The molecule has 0 aliphatic rings. The average molecular weight is 292 g/mol. The van der Waals surface area contributed by atoms with Crippen molar-refractivity contribution in [3.63, 3.8) is 0 Å². The van der Waals surface area contributed by atoms with Gasteiger partial charge in [0.05, 0.1) is 12.2 Å². The van der Waals surface area contributed by atoms with Crippen molar-refractivity contribution in [1.29, 1.82) is 0 Å². The van der Waals surface area contributed by atoms with Gasteiger partial charge >= 0.3 is 0 Å². The molecule has 1 aromatic rings. The lowest BCUT2D eigenvalue weighted by atomic mass is 10.2. The first-order valence-corrected chi connectivity index (χ1v) is 7.56. The molecule has 118 valence electrons. The van der Waals surface area contributed by atoms with Gasteiger partial charge in [-0.25, -0.2) is 0 Å². The van der Waals surface area contributed by atoms with E-state index in [0.717, 1.165) is 37.8 Å². The van der Waals surface area contributed by atoms with E-state index in [1.54, 1.807) is 7.05 Å². The predicted molar refractivity (Wildman–Crippen MR) is 87.4 cm³/mol. The van der Waals surface area contributed by atoms with E-state index in [-0.39, 0.29) is 0 Å². The third-order valence-electron chi connectivity index (χ3n) is 2.97. The van der Waals surface area contributed by atoms with Crippen LogP contribution in [0.15, 0.2) is 23.3 Å². The zero-order valence-electron chi connectivity index (χ0n) is 13.6. The van der Waals surface area contributed by atoms with Crippen molar-refractivity contribution < 1.29 is 4.74 Å². The molecule has 0 aliphatic heterocycles. The highest BCUT2D eigenvalue weighted by Gasteiger charge is 2.01. The van der Waals surface area contributed by atoms with Gasteiger partial charge < -0.3 is 15.4 Å². The molecule has 0 radical (unpaired) electrons. The van der Waals surface area contributed by atoms with Crippen LogP contribution in [0.25, 0.3) is 0 Å². The van der Waals surface area contributed by atoms with Crippen LogP contribution in [0.3, 0.4) is 0 Å². The smallest absolute Gasteiger partial charge is 0.191 e. The number of hydrogen-bond acceptors (Lipinski definition) is 3. The molecule has 1 rings (SSSR count). The van der Waals surface area contributed by atoms with Crippen LogP contribution >= 0.6 is 0 Å². The van der Waals surface area contributed by atoms with E-state index in [4.69, 9.17) is 4.74 Å². The Morgan fingerprint density at radius 2 is 2.19 bits per heavy atom. The molecule has 0 saturated heterocycles. The molecule has 1 aromatic heterocycles. The maximum atomic E-state index is 5.55. The number of aliphatic imine (C=N–C) groups is 1. The summed E-state index contributed by atoms with van der Waals surface area (Å²) in [6.45, 7) is 9.50. The van der Waals surface area contributed by atoms with Gasteiger partial charge in [0.25, 0.3) is 0 Å². The van der Waals surface area contributed by atoms with Gasteiger partial charge in [-0.05, 0) is 30.9 Å². The highest BCUT2D eigenvalue weighted by molar-refractivity contribution is 5.79. The SMILES string of the molecule is CN=C(NCCCOCC(C)C)NCc1ncccc1C. The number of nitrogens with one attached hydrogen (secondary N) is 2. The van der Waals surface area contributed by atoms with Crippen molar-refractivity contribution in [2.24, 2.45) is 10.9 Å².